The molecule has 1 aromatic heterocycles. The first-order valence-electron chi connectivity index (χ1n) is 5.30. The number of carbonyl (C=O) groups excluding carboxylic acids is 1. The molecule has 0 aliphatic rings. The van der Waals surface area contributed by atoms with Gasteiger partial charge in [-0.05, 0) is 42.0 Å². The summed E-state index contributed by atoms with van der Waals surface area (Å²) in [6, 6.07) is 8.18. The molecule has 0 N–H and O–H groups in total. The number of aromatic nitrogens is 1. The number of carbonyl (C=O) groups is 1. The maximum atomic E-state index is 12.7. The number of amides is 1. The van der Waals surface area contributed by atoms with Crippen LogP contribution < -0.4 is 0 Å². The van der Waals surface area contributed by atoms with E-state index >= 15 is 0 Å². The third kappa shape index (κ3) is 2.89. The molecular weight excluding hydrogens is 235 g/mol. The second-order valence-corrected chi connectivity index (χ2v) is 3.70. The highest BCUT2D eigenvalue weighted by Crippen LogP contribution is 2.09. The summed E-state index contributed by atoms with van der Waals surface area (Å²) in [5, 5.41) is 12.0. The maximum absolute atomic E-state index is 12.7. The van der Waals surface area contributed by atoms with Gasteiger partial charge in [-0.25, -0.2) is 4.39 Å². The Balaban J connectivity index is 2.07. The van der Waals surface area contributed by atoms with Crippen molar-refractivity contribution >= 4 is 5.91 Å². The van der Waals surface area contributed by atoms with E-state index in [1.807, 2.05) is 0 Å². The average molecular weight is 245 g/mol. The lowest BCUT2D eigenvalue weighted by Crippen LogP contribution is -2.24. The summed E-state index contributed by atoms with van der Waals surface area (Å²) >= 11 is 0. The molecular formula is C13H10FN2O2-. The van der Waals surface area contributed by atoms with Gasteiger partial charge < -0.3 is 10.3 Å². The zero-order valence-electron chi connectivity index (χ0n) is 9.41. The van der Waals surface area contributed by atoms with Gasteiger partial charge in [-0.3, -0.25) is 9.78 Å². The summed E-state index contributed by atoms with van der Waals surface area (Å²) in [4.78, 5) is 15.6. The first-order valence-corrected chi connectivity index (χ1v) is 5.30. The molecule has 0 atom stereocenters. The van der Waals surface area contributed by atoms with Gasteiger partial charge >= 0.3 is 0 Å². The van der Waals surface area contributed by atoms with Crippen molar-refractivity contribution in [2.75, 3.05) is 0 Å². The molecule has 2 rings (SSSR count). The molecule has 0 aliphatic heterocycles. The number of hydrogen-bond donors (Lipinski definition) is 0. The molecule has 2 aromatic rings. The van der Waals surface area contributed by atoms with Crippen LogP contribution >= 0.6 is 0 Å². The van der Waals surface area contributed by atoms with Gasteiger partial charge in [0.2, 0.25) is 5.91 Å². The van der Waals surface area contributed by atoms with Crippen molar-refractivity contribution in [2.45, 2.75) is 6.54 Å². The highest BCUT2D eigenvalue weighted by molar-refractivity contribution is 5.94. The van der Waals surface area contributed by atoms with Gasteiger partial charge in [0.15, 0.2) is 0 Å². The fourth-order valence-electron chi connectivity index (χ4n) is 1.46. The van der Waals surface area contributed by atoms with Gasteiger partial charge in [-0.1, -0.05) is 0 Å². The van der Waals surface area contributed by atoms with E-state index in [0.717, 1.165) is 12.1 Å². The van der Waals surface area contributed by atoms with Crippen LogP contribution in [-0.4, -0.2) is 16.0 Å². The quantitative estimate of drug-likeness (QED) is 0.780. The Bertz CT molecular complexity index is 528. The van der Waals surface area contributed by atoms with Gasteiger partial charge in [0.1, 0.15) is 5.82 Å². The van der Waals surface area contributed by atoms with Crippen molar-refractivity contribution in [2.24, 2.45) is 0 Å². The molecule has 0 fully saturated rings. The van der Waals surface area contributed by atoms with Gasteiger partial charge in [-0.2, -0.15) is 0 Å². The summed E-state index contributed by atoms with van der Waals surface area (Å²) in [6.07, 6.45) is 3.09. The Kier molecular flexibility index (Phi) is 3.64. The lowest BCUT2D eigenvalue weighted by molar-refractivity contribution is 0.0814. The standard InChI is InChI=1S/C13H10FN2O2/c14-12-3-1-11(2-4-12)13(17)16(18)9-10-5-7-15-8-6-10/h1-8H,9H2/q-1. The molecule has 92 valence electrons. The topological polar surface area (TPSA) is 56.3 Å². The normalized spacial score (nSPS) is 10.1. The molecule has 0 saturated heterocycles. The zero-order valence-corrected chi connectivity index (χ0v) is 9.41. The average Bonchev–Trinajstić information content (AvgIpc) is 2.40. The van der Waals surface area contributed by atoms with Crippen LogP contribution in [0.3, 0.4) is 0 Å². The lowest BCUT2D eigenvalue weighted by Gasteiger charge is -2.28. The van der Waals surface area contributed by atoms with Crippen molar-refractivity contribution in [1.29, 1.82) is 0 Å². The number of rotatable bonds is 3. The van der Waals surface area contributed by atoms with E-state index in [1.54, 1.807) is 24.5 Å². The molecule has 0 aliphatic carbocycles. The van der Waals surface area contributed by atoms with Gasteiger partial charge in [-0.15, -0.1) is 0 Å². The second-order valence-electron chi connectivity index (χ2n) is 3.70. The van der Waals surface area contributed by atoms with Crippen LogP contribution in [0.4, 0.5) is 4.39 Å². The Labute approximate surface area is 103 Å². The van der Waals surface area contributed by atoms with Crippen LogP contribution in [0.15, 0.2) is 48.8 Å². The van der Waals surface area contributed by atoms with Crippen molar-refractivity contribution in [3.8, 4) is 0 Å². The third-order valence-electron chi connectivity index (χ3n) is 2.39. The van der Waals surface area contributed by atoms with E-state index in [0.29, 0.717) is 10.6 Å². The van der Waals surface area contributed by atoms with E-state index in [1.165, 1.54) is 12.1 Å². The number of benzene rings is 1. The maximum Gasteiger partial charge on any atom is 0.243 e. The largest absolute Gasteiger partial charge is 0.756 e. The summed E-state index contributed by atoms with van der Waals surface area (Å²) in [6.45, 7) is -0.0568. The van der Waals surface area contributed by atoms with E-state index in [9.17, 15) is 14.4 Å². The second kappa shape index (κ2) is 5.37. The number of pyridine rings is 1. The predicted molar refractivity (Wildman–Crippen MR) is 63.9 cm³/mol. The zero-order chi connectivity index (χ0) is 13.0. The first-order chi connectivity index (χ1) is 8.66. The highest BCUT2D eigenvalue weighted by atomic mass is 19.1. The highest BCUT2D eigenvalue weighted by Gasteiger charge is 2.08. The molecule has 0 radical (unpaired) electrons. The molecule has 1 amide bonds. The van der Waals surface area contributed by atoms with Crippen molar-refractivity contribution in [1.82, 2.24) is 10.0 Å². The Hall–Kier alpha value is -2.27. The summed E-state index contributed by atoms with van der Waals surface area (Å²) in [5.74, 6) is -1.13. The Morgan fingerprint density at radius 2 is 1.78 bits per heavy atom. The predicted octanol–water partition coefficient (Wildman–Crippen LogP) is 2.36. The van der Waals surface area contributed by atoms with Gasteiger partial charge in [0, 0.05) is 24.5 Å². The van der Waals surface area contributed by atoms with E-state index < -0.39 is 11.7 Å². The third-order valence-corrected chi connectivity index (χ3v) is 2.39. The van der Waals surface area contributed by atoms with E-state index in [4.69, 9.17) is 0 Å². The minimum absolute atomic E-state index is 0.0568. The molecule has 0 bridgehead atoms. The van der Waals surface area contributed by atoms with Crippen LogP contribution in [0.1, 0.15) is 15.9 Å². The van der Waals surface area contributed by atoms with Crippen molar-refractivity contribution in [3.05, 3.63) is 70.9 Å². The van der Waals surface area contributed by atoms with Gasteiger partial charge in [0.25, 0.3) is 0 Å². The fraction of sp³-hybridized carbons (Fsp3) is 0.0769. The number of halogens is 1. The molecule has 1 aromatic carbocycles. The SMILES string of the molecule is O=C(c1ccc(F)cc1)N([O-])Cc1ccncc1. The summed E-state index contributed by atoms with van der Waals surface area (Å²) < 4.78 is 12.7. The van der Waals surface area contributed by atoms with Crippen LogP contribution in [0, 0.1) is 11.0 Å². The van der Waals surface area contributed by atoms with Crippen LogP contribution in [0.5, 0.6) is 0 Å². The smallest absolute Gasteiger partial charge is 0.243 e. The summed E-state index contributed by atoms with van der Waals surface area (Å²) in [7, 11) is 0. The van der Waals surface area contributed by atoms with Crippen LogP contribution in [0.25, 0.3) is 0 Å². The number of hydroxylamine groups is 2. The van der Waals surface area contributed by atoms with Gasteiger partial charge in [0.05, 0.1) is 0 Å². The Morgan fingerprint density at radius 3 is 2.39 bits per heavy atom. The van der Waals surface area contributed by atoms with Crippen molar-refractivity contribution in [3.63, 3.8) is 0 Å². The minimum Gasteiger partial charge on any atom is -0.756 e. The minimum atomic E-state index is -0.688. The van der Waals surface area contributed by atoms with E-state index in [2.05, 4.69) is 4.98 Å². The molecule has 0 saturated carbocycles. The molecule has 1 heterocycles. The number of hydrogen-bond acceptors (Lipinski definition) is 3. The summed E-state index contributed by atoms with van der Waals surface area (Å²) in [5.41, 5.74) is 0.857. The molecule has 4 nitrogen and oxygen atoms in total. The number of nitrogens with zero attached hydrogens (tertiary/aromatic N) is 2. The van der Waals surface area contributed by atoms with E-state index in [-0.39, 0.29) is 12.1 Å². The molecule has 0 spiro atoms. The lowest BCUT2D eigenvalue weighted by atomic mass is 10.2. The van der Waals surface area contributed by atoms with Crippen molar-refractivity contribution < 1.29 is 9.18 Å². The Morgan fingerprint density at radius 1 is 1.17 bits per heavy atom. The fourth-order valence-corrected chi connectivity index (χ4v) is 1.46. The van der Waals surface area contributed by atoms with Crippen LogP contribution in [-0.2, 0) is 6.54 Å². The molecule has 0 unspecified atom stereocenters. The molecule has 5 heteroatoms. The first kappa shape index (κ1) is 12.2. The monoisotopic (exact) mass is 245 g/mol. The van der Waals surface area contributed by atoms with Crippen LogP contribution in [0.2, 0.25) is 0 Å². The molecule has 18 heavy (non-hydrogen) atoms.